The van der Waals surface area contributed by atoms with Crippen LogP contribution in [0.3, 0.4) is 0 Å². The number of nitrogens with zero attached hydrogens (tertiary/aromatic N) is 2. The molecule has 4 rings (SSSR count). The molecule has 1 aliphatic heterocycles. The van der Waals surface area contributed by atoms with Crippen LogP contribution in [-0.4, -0.2) is 29.1 Å². The quantitative estimate of drug-likeness (QED) is 0.584. The summed E-state index contributed by atoms with van der Waals surface area (Å²) < 4.78 is 7.55. The lowest BCUT2D eigenvalue weighted by molar-refractivity contribution is -0.143. The van der Waals surface area contributed by atoms with Crippen molar-refractivity contribution < 1.29 is 14.3 Å². The van der Waals surface area contributed by atoms with Crippen molar-refractivity contribution in [2.75, 3.05) is 11.5 Å². The summed E-state index contributed by atoms with van der Waals surface area (Å²) in [5.74, 6) is -0.684. The molecule has 1 amide bonds. The Kier molecular flexibility index (Phi) is 4.84. The molecule has 5 nitrogen and oxygen atoms in total. The zero-order valence-electron chi connectivity index (χ0n) is 16.6. The van der Waals surface area contributed by atoms with Gasteiger partial charge in [-0.3, -0.25) is 4.79 Å². The minimum Gasteiger partial charge on any atom is -0.452 e. The molecule has 0 spiro atoms. The fourth-order valence-corrected chi connectivity index (χ4v) is 4.22. The van der Waals surface area contributed by atoms with Crippen LogP contribution in [0, 0.1) is 13.8 Å². The lowest BCUT2D eigenvalue weighted by Gasteiger charge is -2.22. The van der Waals surface area contributed by atoms with Crippen molar-refractivity contribution in [2.24, 2.45) is 0 Å². The monoisotopic (exact) mass is 378 g/mol. The number of esters is 1. The van der Waals surface area contributed by atoms with Crippen molar-refractivity contribution in [3.05, 3.63) is 58.9 Å². The van der Waals surface area contributed by atoms with Crippen LogP contribution in [0.15, 0.2) is 36.4 Å². The van der Waals surface area contributed by atoms with Gasteiger partial charge in [-0.1, -0.05) is 18.2 Å². The van der Waals surface area contributed by atoms with E-state index in [0.29, 0.717) is 6.04 Å². The molecule has 0 radical (unpaired) electrons. The van der Waals surface area contributed by atoms with E-state index in [9.17, 15) is 9.59 Å². The van der Waals surface area contributed by atoms with Crippen molar-refractivity contribution >= 4 is 23.6 Å². The summed E-state index contributed by atoms with van der Waals surface area (Å²) in [4.78, 5) is 26.5. The fourth-order valence-electron chi connectivity index (χ4n) is 4.22. The molecule has 2 aliphatic rings. The lowest BCUT2D eigenvalue weighted by Crippen LogP contribution is -2.38. The van der Waals surface area contributed by atoms with E-state index in [0.717, 1.165) is 23.2 Å². The molecule has 146 valence electrons. The molecule has 0 bridgehead atoms. The van der Waals surface area contributed by atoms with Crippen molar-refractivity contribution in [3.63, 3.8) is 0 Å². The summed E-state index contributed by atoms with van der Waals surface area (Å²) in [6.07, 6.45) is 6.46. The van der Waals surface area contributed by atoms with Gasteiger partial charge in [-0.2, -0.15) is 0 Å². The molecular formula is C23H26N2O3. The molecule has 1 fully saturated rings. The Balaban J connectivity index is 1.37. The Labute approximate surface area is 165 Å². The number of anilines is 1. The first kappa shape index (κ1) is 18.5. The van der Waals surface area contributed by atoms with Gasteiger partial charge < -0.3 is 14.2 Å². The largest absolute Gasteiger partial charge is 0.452 e. The number of hydrogen-bond acceptors (Lipinski definition) is 3. The van der Waals surface area contributed by atoms with Crippen LogP contribution in [-0.2, 0) is 20.7 Å². The summed E-state index contributed by atoms with van der Waals surface area (Å²) >= 11 is 0. The molecule has 1 aromatic carbocycles. The third kappa shape index (κ3) is 3.49. The number of para-hydroxylation sites is 1. The standard InChI is InChI=1S/C23H26N2O3/c1-15-12-18(17(3)24(15)20-9-10-20)8-11-23(27)28-14-22(26)25-16(2)13-19-6-4-5-7-21(19)25/h4-8,11-12,16,20H,9-10,13-14H2,1-3H3/b11-8+/t16-/m0/s1. The molecule has 0 saturated heterocycles. The highest BCUT2D eigenvalue weighted by Crippen LogP contribution is 2.38. The van der Waals surface area contributed by atoms with E-state index in [2.05, 4.69) is 24.5 Å². The second-order valence-corrected chi connectivity index (χ2v) is 7.81. The average Bonchev–Trinajstić information content (AvgIpc) is 3.37. The van der Waals surface area contributed by atoms with Gasteiger partial charge in [0.25, 0.3) is 5.91 Å². The molecule has 2 heterocycles. The predicted octanol–water partition coefficient (Wildman–Crippen LogP) is 3.97. The van der Waals surface area contributed by atoms with E-state index < -0.39 is 5.97 Å². The van der Waals surface area contributed by atoms with Crippen LogP contribution in [0.4, 0.5) is 5.69 Å². The van der Waals surface area contributed by atoms with Gasteiger partial charge >= 0.3 is 5.97 Å². The Morgan fingerprint density at radius 3 is 2.71 bits per heavy atom. The van der Waals surface area contributed by atoms with Crippen LogP contribution in [0.5, 0.6) is 0 Å². The molecule has 2 aromatic rings. The summed E-state index contributed by atoms with van der Waals surface area (Å²) in [6, 6.07) is 10.6. The molecule has 1 aliphatic carbocycles. The van der Waals surface area contributed by atoms with Gasteiger partial charge in [0.2, 0.25) is 0 Å². The molecule has 1 saturated carbocycles. The smallest absolute Gasteiger partial charge is 0.331 e. The van der Waals surface area contributed by atoms with Crippen molar-refractivity contribution in [1.82, 2.24) is 4.57 Å². The highest BCUT2D eigenvalue weighted by atomic mass is 16.5. The molecule has 0 unspecified atom stereocenters. The highest BCUT2D eigenvalue weighted by Gasteiger charge is 2.31. The first-order valence-corrected chi connectivity index (χ1v) is 9.89. The van der Waals surface area contributed by atoms with Gasteiger partial charge in [-0.25, -0.2) is 4.79 Å². The van der Waals surface area contributed by atoms with Crippen LogP contribution in [0.1, 0.15) is 48.3 Å². The average molecular weight is 378 g/mol. The molecule has 1 atom stereocenters. The molecule has 5 heteroatoms. The zero-order chi connectivity index (χ0) is 19.8. The van der Waals surface area contributed by atoms with Crippen LogP contribution in [0.25, 0.3) is 6.08 Å². The van der Waals surface area contributed by atoms with E-state index in [1.165, 1.54) is 30.3 Å². The Bertz CT molecular complexity index is 953. The Hall–Kier alpha value is -2.82. The van der Waals surface area contributed by atoms with Gasteiger partial charge in [0.1, 0.15) is 0 Å². The number of amides is 1. The number of ether oxygens (including phenoxy) is 1. The number of aryl methyl sites for hydroxylation is 1. The van der Waals surface area contributed by atoms with Crippen LogP contribution in [0.2, 0.25) is 0 Å². The van der Waals surface area contributed by atoms with Crippen LogP contribution >= 0.6 is 0 Å². The maximum atomic E-state index is 12.6. The van der Waals surface area contributed by atoms with Gasteiger partial charge in [0, 0.05) is 35.2 Å². The number of carbonyl (C=O) groups excluding carboxylic acids is 2. The van der Waals surface area contributed by atoms with Gasteiger partial charge in [0.15, 0.2) is 6.61 Å². The normalized spacial score (nSPS) is 18.5. The topological polar surface area (TPSA) is 51.5 Å². The zero-order valence-corrected chi connectivity index (χ0v) is 16.6. The highest BCUT2D eigenvalue weighted by molar-refractivity contribution is 5.98. The van der Waals surface area contributed by atoms with Crippen molar-refractivity contribution in [1.29, 1.82) is 0 Å². The first-order chi connectivity index (χ1) is 13.5. The van der Waals surface area contributed by atoms with Gasteiger partial charge in [-0.15, -0.1) is 0 Å². The second kappa shape index (κ2) is 7.30. The second-order valence-electron chi connectivity index (χ2n) is 7.81. The maximum Gasteiger partial charge on any atom is 0.331 e. The van der Waals surface area contributed by atoms with E-state index >= 15 is 0 Å². The molecule has 0 N–H and O–H groups in total. The number of fused-ring (bicyclic) bond motifs is 1. The Morgan fingerprint density at radius 1 is 1.21 bits per heavy atom. The van der Waals surface area contributed by atoms with Crippen molar-refractivity contribution in [2.45, 2.75) is 52.1 Å². The van der Waals surface area contributed by atoms with Crippen LogP contribution < -0.4 is 4.90 Å². The third-order valence-electron chi connectivity index (χ3n) is 5.65. The third-order valence-corrected chi connectivity index (χ3v) is 5.65. The molecule has 28 heavy (non-hydrogen) atoms. The van der Waals surface area contributed by atoms with Gasteiger partial charge in [0.05, 0.1) is 0 Å². The summed E-state index contributed by atoms with van der Waals surface area (Å²) in [7, 11) is 0. The number of carbonyl (C=O) groups is 2. The fraction of sp³-hybridized carbons (Fsp3) is 0.391. The number of benzene rings is 1. The van der Waals surface area contributed by atoms with E-state index in [1.807, 2.05) is 31.2 Å². The minimum absolute atomic E-state index is 0.0759. The first-order valence-electron chi connectivity index (χ1n) is 9.89. The summed E-state index contributed by atoms with van der Waals surface area (Å²) in [5, 5.41) is 0. The molecular weight excluding hydrogens is 352 g/mol. The lowest BCUT2D eigenvalue weighted by atomic mass is 10.1. The van der Waals surface area contributed by atoms with E-state index in [-0.39, 0.29) is 18.6 Å². The van der Waals surface area contributed by atoms with Crippen molar-refractivity contribution in [3.8, 4) is 0 Å². The van der Waals surface area contributed by atoms with Gasteiger partial charge in [-0.05, 0) is 69.4 Å². The minimum atomic E-state index is -0.496. The summed E-state index contributed by atoms with van der Waals surface area (Å²) in [5.41, 5.74) is 5.47. The van der Waals surface area contributed by atoms with E-state index in [1.54, 1.807) is 11.0 Å². The SMILES string of the molecule is Cc1cc(/C=C/C(=O)OCC(=O)N2c3ccccc3C[C@@H]2C)c(C)n1C1CC1. The maximum absolute atomic E-state index is 12.6. The number of aromatic nitrogens is 1. The number of hydrogen-bond donors (Lipinski definition) is 0. The predicted molar refractivity (Wildman–Crippen MR) is 109 cm³/mol. The summed E-state index contributed by atoms with van der Waals surface area (Å²) in [6.45, 7) is 5.93. The Morgan fingerprint density at radius 2 is 1.96 bits per heavy atom. The number of rotatable bonds is 5. The molecule has 1 aromatic heterocycles. The van der Waals surface area contributed by atoms with E-state index in [4.69, 9.17) is 4.74 Å².